The Morgan fingerprint density at radius 1 is 0.468 bits per heavy atom. The van der Waals surface area contributed by atoms with Crippen molar-refractivity contribution in [2.75, 3.05) is 0 Å². The zero-order chi connectivity index (χ0) is 30.0. The Balaban J connectivity index is 0.00000193. The molecule has 4 aromatic carbocycles. The molecule has 4 aromatic heterocycles. The Morgan fingerprint density at radius 3 is 1.43 bits per heavy atom. The first-order valence-corrected chi connectivity index (χ1v) is 13.9. The molecular weight excluding hydrogens is 775 g/mol. The van der Waals surface area contributed by atoms with E-state index in [4.69, 9.17) is 9.47 Å². The van der Waals surface area contributed by atoms with E-state index < -0.39 is 0 Å². The molecule has 0 radical (unpaired) electrons. The van der Waals surface area contributed by atoms with E-state index in [0.717, 1.165) is 32.9 Å². The summed E-state index contributed by atoms with van der Waals surface area (Å²) >= 11 is 0. The van der Waals surface area contributed by atoms with Crippen LogP contribution in [0.3, 0.4) is 0 Å². The van der Waals surface area contributed by atoms with Crippen LogP contribution in [0.25, 0.3) is 50.3 Å². The van der Waals surface area contributed by atoms with Gasteiger partial charge in [-0.25, -0.2) is 9.97 Å². The third-order valence-corrected chi connectivity index (χ3v) is 6.94. The van der Waals surface area contributed by atoms with Gasteiger partial charge in [-0.3, -0.25) is 9.97 Å². The number of benzene rings is 4. The molecule has 0 spiro atoms. The average molecular weight is 794 g/mol. The van der Waals surface area contributed by atoms with E-state index in [2.05, 4.69) is 54.2 Å². The van der Waals surface area contributed by atoms with Gasteiger partial charge in [0.25, 0.3) is 0 Å². The fourth-order valence-electron chi connectivity index (χ4n) is 4.98. The van der Waals surface area contributed by atoms with Gasteiger partial charge in [-0.15, -0.1) is 71.8 Å². The van der Waals surface area contributed by atoms with Crippen molar-refractivity contribution in [2.24, 2.45) is 0 Å². The third kappa shape index (κ3) is 6.57. The molecule has 9 nitrogen and oxygen atoms in total. The minimum absolute atomic E-state index is 0. The summed E-state index contributed by atoms with van der Waals surface area (Å²) in [5.74, 6) is 2.51. The summed E-state index contributed by atoms with van der Waals surface area (Å²) in [5.41, 5.74) is 4.41. The van der Waals surface area contributed by atoms with Gasteiger partial charge in [-0.1, -0.05) is 23.2 Å². The molecule has 8 rings (SSSR count). The van der Waals surface area contributed by atoms with Crippen LogP contribution >= 0.6 is 0 Å². The number of rotatable bonds is 7. The third-order valence-electron chi connectivity index (χ3n) is 6.94. The van der Waals surface area contributed by atoms with Gasteiger partial charge in [-0.05, 0) is 6.07 Å². The van der Waals surface area contributed by atoms with Gasteiger partial charge >= 0.3 is 40.8 Å². The van der Waals surface area contributed by atoms with Crippen molar-refractivity contribution < 1.29 is 50.3 Å². The molecule has 4 heterocycles. The summed E-state index contributed by atoms with van der Waals surface area (Å²) in [6.45, 7) is 0. The maximum Gasteiger partial charge on any atom is 2.00 e. The predicted octanol–water partition coefficient (Wildman–Crippen LogP) is 7.27. The van der Waals surface area contributed by atoms with Crippen LogP contribution in [0.1, 0.15) is 0 Å². The summed E-state index contributed by atoms with van der Waals surface area (Å²) < 4.78 is 14.3. The summed E-state index contributed by atoms with van der Waals surface area (Å²) in [7, 11) is 0. The first-order valence-electron chi connectivity index (χ1n) is 13.9. The zero-order valence-corrected chi connectivity index (χ0v) is 27.2. The van der Waals surface area contributed by atoms with E-state index >= 15 is 0 Å². The predicted molar refractivity (Wildman–Crippen MR) is 167 cm³/mol. The quantitative estimate of drug-likeness (QED) is 0.123. The van der Waals surface area contributed by atoms with Crippen molar-refractivity contribution in [3.63, 3.8) is 0 Å². The second kappa shape index (κ2) is 14.1. The smallest absolute Gasteiger partial charge is 0.503 e. The summed E-state index contributed by atoms with van der Waals surface area (Å²) in [4.78, 5) is 26.1. The van der Waals surface area contributed by atoms with Crippen molar-refractivity contribution in [3.05, 3.63) is 141 Å². The second-order valence-electron chi connectivity index (χ2n) is 9.80. The largest absolute Gasteiger partial charge is 2.00 e. The molecule has 0 aliphatic heterocycles. The van der Waals surface area contributed by atoms with Crippen LogP contribution in [0, 0.1) is 24.3 Å². The molecule has 47 heavy (non-hydrogen) atoms. The molecule has 0 amide bonds. The number of hydrogen-bond acceptors (Lipinski definition) is 8. The van der Waals surface area contributed by atoms with E-state index in [9.17, 15) is 0 Å². The molecule has 0 aliphatic carbocycles. The van der Waals surface area contributed by atoms with Gasteiger partial charge in [0, 0.05) is 84.0 Å². The topological polar surface area (TPSA) is 101 Å². The minimum Gasteiger partial charge on any atom is -0.503 e. The standard InChI is InChI=1S/C36H19N7O2.2Pd/c1-4-24(32-22-37-14-16-39-32)18-26(6-1)44-28-8-10-30-31-11-9-29(21-35(31)43(34(30)20-28)36-41-12-3-13-42-36)45-27-7-2-5-25(19-27)33-23-38-15-17-40-33;;/h1-17,22-23H;;/q-4;2*+2. The Hall–Kier alpha value is -5.16. The van der Waals surface area contributed by atoms with Crippen LogP contribution in [0.2, 0.25) is 0 Å². The second-order valence-corrected chi connectivity index (χ2v) is 9.80. The van der Waals surface area contributed by atoms with Crippen LogP contribution < -0.4 is 9.47 Å². The first kappa shape index (κ1) is 31.8. The van der Waals surface area contributed by atoms with Crippen LogP contribution in [0.4, 0.5) is 0 Å². The van der Waals surface area contributed by atoms with Gasteiger partial charge in [0.1, 0.15) is 0 Å². The Kier molecular flexibility index (Phi) is 9.54. The molecule has 0 unspecified atom stereocenters. The van der Waals surface area contributed by atoms with E-state index in [-0.39, 0.29) is 40.8 Å². The fraction of sp³-hybridized carbons (Fsp3) is 0. The van der Waals surface area contributed by atoms with Crippen molar-refractivity contribution in [1.29, 1.82) is 0 Å². The fourth-order valence-corrected chi connectivity index (χ4v) is 4.98. The Bertz CT molecular complexity index is 2150. The SMILES string of the molecule is [Pd+2].[Pd+2].[c-]1c(Oc2[c-]c3c(cc2)c2ccc(Oc4[c-]c(-c5cnccn5)ccc4)[c-]c2n3-c2ncccn2)cccc1-c1cnccn1. The van der Waals surface area contributed by atoms with Crippen molar-refractivity contribution >= 4 is 21.8 Å². The van der Waals surface area contributed by atoms with Gasteiger partial charge in [0.2, 0.25) is 5.95 Å². The van der Waals surface area contributed by atoms with Crippen molar-refractivity contribution in [2.45, 2.75) is 0 Å². The average Bonchev–Trinajstić information content (AvgIpc) is 3.42. The molecule has 8 aromatic rings. The van der Waals surface area contributed by atoms with Crippen molar-refractivity contribution in [3.8, 4) is 51.5 Å². The molecule has 0 atom stereocenters. The van der Waals surface area contributed by atoms with Crippen LogP contribution in [0.5, 0.6) is 23.0 Å². The molecule has 0 bridgehead atoms. The van der Waals surface area contributed by atoms with E-state index in [1.54, 1.807) is 55.6 Å². The number of aromatic nitrogens is 7. The van der Waals surface area contributed by atoms with E-state index in [1.165, 1.54) is 0 Å². The van der Waals surface area contributed by atoms with Gasteiger partial charge in [0.05, 0.1) is 0 Å². The number of nitrogens with zero attached hydrogens (tertiary/aromatic N) is 7. The normalized spacial score (nSPS) is 10.6. The van der Waals surface area contributed by atoms with Crippen molar-refractivity contribution in [1.82, 2.24) is 34.5 Å². The summed E-state index contributed by atoms with van der Waals surface area (Å²) in [6.07, 6.45) is 13.3. The first-order chi connectivity index (χ1) is 22.3. The van der Waals surface area contributed by atoms with Gasteiger partial charge in [0.15, 0.2) is 0 Å². The Labute approximate surface area is 297 Å². The van der Waals surface area contributed by atoms with Gasteiger partial charge < -0.3 is 24.0 Å². The summed E-state index contributed by atoms with van der Waals surface area (Å²) in [6, 6.07) is 34.1. The molecular formula is C36H19N7O2Pd2. The molecule has 0 N–H and O–H groups in total. The van der Waals surface area contributed by atoms with Crippen LogP contribution in [-0.2, 0) is 40.8 Å². The minimum atomic E-state index is 0. The molecule has 0 aliphatic rings. The van der Waals surface area contributed by atoms with Crippen LogP contribution in [0.15, 0.2) is 116 Å². The van der Waals surface area contributed by atoms with E-state index in [1.807, 2.05) is 65.2 Å². The van der Waals surface area contributed by atoms with E-state index in [0.29, 0.717) is 40.3 Å². The summed E-state index contributed by atoms with van der Waals surface area (Å²) in [5, 5.41) is 1.86. The number of ether oxygens (including phenoxy) is 2. The van der Waals surface area contributed by atoms with Crippen LogP contribution in [-0.4, -0.2) is 34.5 Å². The maximum absolute atomic E-state index is 6.22. The molecule has 230 valence electrons. The molecule has 0 saturated heterocycles. The zero-order valence-electron chi connectivity index (χ0n) is 24.0. The maximum atomic E-state index is 6.22. The molecule has 11 heteroatoms. The Morgan fingerprint density at radius 2 is 0.957 bits per heavy atom. The molecule has 0 saturated carbocycles. The van der Waals surface area contributed by atoms with Gasteiger partial charge in [-0.2, -0.15) is 22.9 Å². The number of fused-ring (bicyclic) bond motifs is 3. The molecule has 0 fully saturated rings. The number of hydrogen-bond donors (Lipinski definition) is 0. The monoisotopic (exact) mass is 793 g/mol.